The van der Waals surface area contributed by atoms with Crippen LogP contribution >= 0.6 is 12.4 Å². The molecule has 0 aliphatic heterocycles. The zero-order chi connectivity index (χ0) is 10.3. The number of halogens is 1. The van der Waals surface area contributed by atoms with E-state index in [0.29, 0.717) is 13.1 Å². The molecule has 0 aliphatic rings. The van der Waals surface area contributed by atoms with Gasteiger partial charge in [0.2, 0.25) is 0 Å². The van der Waals surface area contributed by atoms with Gasteiger partial charge in [-0.2, -0.15) is 12.7 Å². The second-order valence-electron chi connectivity index (χ2n) is 2.77. The van der Waals surface area contributed by atoms with Crippen molar-refractivity contribution in [2.75, 3.05) is 33.7 Å². The van der Waals surface area contributed by atoms with Crippen LogP contribution in [0.2, 0.25) is 0 Å². The lowest BCUT2D eigenvalue weighted by Gasteiger charge is -2.15. The van der Waals surface area contributed by atoms with Gasteiger partial charge in [0.15, 0.2) is 0 Å². The second kappa shape index (κ2) is 8.43. The molecule has 0 amide bonds. The minimum Gasteiger partial charge on any atom is -0.320 e. The maximum Gasteiger partial charge on any atom is 0.279 e. The summed E-state index contributed by atoms with van der Waals surface area (Å²) >= 11 is 0. The molecule has 0 aromatic carbocycles. The lowest BCUT2D eigenvalue weighted by atomic mass is 10.4. The molecule has 5 nitrogen and oxygen atoms in total. The number of nitrogens with one attached hydrogen (secondary N) is 2. The zero-order valence-electron chi connectivity index (χ0n) is 8.91. The highest BCUT2D eigenvalue weighted by molar-refractivity contribution is 7.87. The molecule has 0 spiro atoms. The highest BCUT2D eigenvalue weighted by Gasteiger charge is 2.13. The average molecular weight is 246 g/mol. The third-order valence-corrected chi connectivity index (χ3v) is 3.39. The Morgan fingerprint density at radius 3 is 2.29 bits per heavy atom. The molecular formula is C7H20ClN3O2S. The topological polar surface area (TPSA) is 61.4 Å². The van der Waals surface area contributed by atoms with Crippen molar-refractivity contribution in [3.8, 4) is 0 Å². The summed E-state index contributed by atoms with van der Waals surface area (Å²) in [4.78, 5) is 0. The van der Waals surface area contributed by atoms with Gasteiger partial charge in [0.25, 0.3) is 10.2 Å². The summed E-state index contributed by atoms with van der Waals surface area (Å²) in [6.45, 7) is 3.58. The molecule has 0 aromatic rings. The Balaban J connectivity index is 0. The molecule has 0 bridgehead atoms. The molecule has 88 valence electrons. The van der Waals surface area contributed by atoms with Gasteiger partial charge in [0.05, 0.1) is 0 Å². The van der Waals surface area contributed by atoms with E-state index in [1.54, 1.807) is 14.0 Å². The van der Waals surface area contributed by atoms with Crippen molar-refractivity contribution in [1.29, 1.82) is 0 Å². The Labute approximate surface area is 92.8 Å². The van der Waals surface area contributed by atoms with Gasteiger partial charge in [-0.1, -0.05) is 6.92 Å². The fraction of sp³-hybridized carbons (Fsp3) is 1.00. The van der Waals surface area contributed by atoms with Crippen LogP contribution in [0, 0.1) is 0 Å². The monoisotopic (exact) mass is 245 g/mol. The highest BCUT2D eigenvalue weighted by atomic mass is 35.5. The van der Waals surface area contributed by atoms with E-state index in [4.69, 9.17) is 0 Å². The fourth-order valence-corrected chi connectivity index (χ4v) is 1.71. The van der Waals surface area contributed by atoms with Crippen LogP contribution in [-0.2, 0) is 10.2 Å². The fourth-order valence-electron chi connectivity index (χ4n) is 0.746. The summed E-state index contributed by atoms with van der Waals surface area (Å²) in [5.41, 5.74) is 0. The standard InChI is InChI=1S/C7H19N3O2S.ClH/c1-4-10(3)13(11,12)9-7-5-6-8-2;/h8-9H,4-7H2,1-3H3;1H. The molecule has 0 saturated heterocycles. The lowest BCUT2D eigenvalue weighted by Crippen LogP contribution is -2.38. The van der Waals surface area contributed by atoms with Crippen molar-refractivity contribution < 1.29 is 8.42 Å². The molecule has 2 N–H and O–H groups in total. The third kappa shape index (κ3) is 6.56. The number of hydrogen-bond acceptors (Lipinski definition) is 3. The highest BCUT2D eigenvalue weighted by Crippen LogP contribution is 1.91. The van der Waals surface area contributed by atoms with Gasteiger partial charge >= 0.3 is 0 Å². The first kappa shape index (κ1) is 16.5. The summed E-state index contributed by atoms with van der Waals surface area (Å²) < 4.78 is 26.4. The smallest absolute Gasteiger partial charge is 0.279 e. The molecule has 0 saturated carbocycles. The molecule has 0 radical (unpaired) electrons. The van der Waals surface area contributed by atoms with Crippen molar-refractivity contribution >= 4 is 22.6 Å². The van der Waals surface area contributed by atoms with Crippen molar-refractivity contribution in [3.63, 3.8) is 0 Å². The number of rotatable bonds is 7. The van der Waals surface area contributed by atoms with Gasteiger partial charge in [0, 0.05) is 20.1 Å². The van der Waals surface area contributed by atoms with E-state index in [-0.39, 0.29) is 12.4 Å². The summed E-state index contributed by atoms with van der Waals surface area (Å²) in [6.07, 6.45) is 0.799. The molecule has 0 rings (SSSR count). The van der Waals surface area contributed by atoms with Crippen LogP contribution < -0.4 is 10.0 Å². The minimum absolute atomic E-state index is 0. The number of hydrogen-bond donors (Lipinski definition) is 2. The quantitative estimate of drug-likeness (QED) is 0.611. The van der Waals surface area contributed by atoms with Crippen LogP contribution in [0.5, 0.6) is 0 Å². The first-order valence-corrected chi connectivity index (χ1v) is 5.84. The summed E-state index contributed by atoms with van der Waals surface area (Å²) in [5.74, 6) is 0. The van der Waals surface area contributed by atoms with Gasteiger partial charge in [-0.15, -0.1) is 12.4 Å². The van der Waals surface area contributed by atoms with Gasteiger partial charge in [-0.3, -0.25) is 0 Å². The molecule has 0 atom stereocenters. The zero-order valence-corrected chi connectivity index (χ0v) is 10.5. The van der Waals surface area contributed by atoms with Crippen LogP contribution in [-0.4, -0.2) is 46.5 Å². The second-order valence-corrected chi connectivity index (χ2v) is 4.63. The van der Waals surface area contributed by atoms with Crippen LogP contribution in [0.4, 0.5) is 0 Å². The Bertz CT molecular complexity index is 221. The molecule has 0 aromatic heterocycles. The van der Waals surface area contributed by atoms with Crippen LogP contribution in [0.25, 0.3) is 0 Å². The summed E-state index contributed by atoms with van der Waals surface area (Å²) in [6, 6.07) is 0. The van der Waals surface area contributed by atoms with E-state index in [9.17, 15) is 8.42 Å². The lowest BCUT2D eigenvalue weighted by molar-refractivity contribution is 0.472. The van der Waals surface area contributed by atoms with Gasteiger partial charge in [0.1, 0.15) is 0 Å². The maximum atomic E-state index is 11.3. The maximum absolute atomic E-state index is 11.3. The molecule has 14 heavy (non-hydrogen) atoms. The Hall–Kier alpha value is 0.120. The summed E-state index contributed by atoms with van der Waals surface area (Å²) in [5, 5.41) is 2.95. The molecule has 0 unspecified atom stereocenters. The molecular weight excluding hydrogens is 226 g/mol. The molecule has 0 aliphatic carbocycles. The van der Waals surface area contributed by atoms with Crippen molar-refractivity contribution in [2.45, 2.75) is 13.3 Å². The van der Waals surface area contributed by atoms with Crippen LogP contribution in [0.15, 0.2) is 0 Å². The Kier molecular flexibility index (Phi) is 9.96. The first-order valence-electron chi connectivity index (χ1n) is 4.40. The van der Waals surface area contributed by atoms with E-state index in [1.807, 2.05) is 7.05 Å². The van der Waals surface area contributed by atoms with Crippen LogP contribution in [0.3, 0.4) is 0 Å². The average Bonchev–Trinajstić information content (AvgIpc) is 2.11. The van der Waals surface area contributed by atoms with Gasteiger partial charge < -0.3 is 5.32 Å². The summed E-state index contributed by atoms with van der Waals surface area (Å²) in [7, 11) is 0.161. The van der Waals surface area contributed by atoms with Gasteiger partial charge in [-0.25, -0.2) is 4.72 Å². The van der Waals surface area contributed by atoms with E-state index in [2.05, 4.69) is 10.0 Å². The predicted octanol–water partition coefficient (Wildman–Crippen LogP) is -0.196. The largest absolute Gasteiger partial charge is 0.320 e. The van der Waals surface area contributed by atoms with Crippen molar-refractivity contribution in [2.24, 2.45) is 0 Å². The third-order valence-electron chi connectivity index (χ3n) is 1.74. The predicted molar refractivity (Wildman–Crippen MR) is 61.0 cm³/mol. The SMILES string of the molecule is CCN(C)S(=O)(=O)NCCCNC.Cl. The number of nitrogens with zero attached hydrogens (tertiary/aromatic N) is 1. The molecule has 7 heteroatoms. The Morgan fingerprint density at radius 1 is 1.29 bits per heavy atom. The molecule has 0 fully saturated rings. The van der Waals surface area contributed by atoms with Crippen molar-refractivity contribution in [1.82, 2.24) is 14.3 Å². The van der Waals surface area contributed by atoms with E-state index >= 15 is 0 Å². The van der Waals surface area contributed by atoms with Gasteiger partial charge in [-0.05, 0) is 20.0 Å². The van der Waals surface area contributed by atoms with E-state index in [1.165, 1.54) is 4.31 Å². The minimum atomic E-state index is -3.24. The van der Waals surface area contributed by atoms with Crippen molar-refractivity contribution in [3.05, 3.63) is 0 Å². The van der Waals surface area contributed by atoms with Crippen LogP contribution in [0.1, 0.15) is 13.3 Å². The normalized spacial score (nSPS) is 11.4. The van der Waals surface area contributed by atoms with E-state index in [0.717, 1.165) is 13.0 Å². The molecule has 0 heterocycles. The first-order chi connectivity index (χ1) is 6.04. The van der Waals surface area contributed by atoms with E-state index < -0.39 is 10.2 Å². The Morgan fingerprint density at radius 2 is 1.86 bits per heavy atom.